The molecule has 0 atom stereocenters. The summed E-state index contributed by atoms with van der Waals surface area (Å²) in [5.41, 5.74) is 7.18. The van der Waals surface area contributed by atoms with Crippen LogP contribution >= 0.6 is 0 Å². The fourth-order valence-electron chi connectivity index (χ4n) is 3.63. The Hall–Kier alpha value is -1.72. The van der Waals surface area contributed by atoms with Gasteiger partial charge in [-0.15, -0.1) is 10.2 Å². The maximum absolute atomic E-state index is 5.88. The highest BCUT2D eigenvalue weighted by atomic mass is 15.3. The Morgan fingerprint density at radius 3 is 2.68 bits per heavy atom. The van der Waals surface area contributed by atoms with E-state index >= 15 is 0 Å². The first-order valence-electron chi connectivity index (χ1n) is 8.21. The molecule has 2 heterocycles. The summed E-state index contributed by atoms with van der Waals surface area (Å²) in [6.45, 7) is 4.18. The summed E-state index contributed by atoms with van der Waals surface area (Å²) in [6.07, 6.45) is 3.23. The summed E-state index contributed by atoms with van der Waals surface area (Å²) in [5.74, 6) is 2.99. The van der Waals surface area contributed by atoms with Crippen LogP contribution in [0.1, 0.15) is 30.1 Å². The molecule has 0 amide bonds. The van der Waals surface area contributed by atoms with Crippen LogP contribution in [0.5, 0.6) is 0 Å². The molecule has 0 spiro atoms. The Kier molecular flexibility index (Phi) is 3.68. The molecule has 2 aromatic rings. The molecule has 0 radical (unpaired) electrons. The van der Waals surface area contributed by atoms with E-state index in [1.165, 1.54) is 18.4 Å². The predicted octanol–water partition coefficient (Wildman–Crippen LogP) is 1.42. The third kappa shape index (κ3) is 2.78. The molecule has 116 valence electrons. The van der Waals surface area contributed by atoms with E-state index in [-0.39, 0.29) is 0 Å². The lowest BCUT2D eigenvalue weighted by atomic mass is 9.80. The number of hydrogen-bond acceptors (Lipinski definition) is 4. The summed E-state index contributed by atoms with van der Waals surface area (Å²) >= 11 is 0. The van der Waals surface area contributed by atoms with Gasteiger partial charge in [0.1, 0.15) is 11.6 Å². The summed E-state index contributed by atoms with van der Waals surface area (Å²) in [6, 6.07) is 10.9. The van der Waals surface area contributed by atoms with E-state index in [1.807, 2.05) is 6.07 Å². The number of aromatic nitrogens is 3. The van der Waals surface area contributed by atoms with Gasteiger partial charge in [0, 0.05) is 32.1 Å². The zero-order chi connectivity index (χ0) is 14.9. The maximum Gasteiger partial charge on any atom is 0.147 e. The molecule has 1 saturated carbocycles. The molecule has 1 aromatic heterocycles. The second-order valence-electron chi connectivity index (χ2n) is 6.68. The van der Waals surface area contributed by atoms with Crippen molar-refractivity contribution in [3.8, 4) is 0 Å². The van der Waals surface area contributed by atoms with Gasteiger partial charge in [0.05, 0.1) is 6.54 Å². The molecular weight excluding hydrogens is 274 g/mol. The molecule has 5 heteroatoms. The average molecular weight is 297 g/mol. The van der Waals surface area contributed by atoms with Gasteiger partial charge in [0.25, 0.3) is 0 Å². The number of rotatable bonds is 4. The van der Waals surface area contributed by atoms with Gasteiger partial charge in [-0.2, -0.15) is 0 Å². The van der Waals surface area contributed by atoms with Crippen LogP contribution in [0.25, 0.3) is 0 Å². The molecule has 1 aromatic carbocycles. The highest BCUT2D eigenvalue weighted by Crippen LogP contribution is 2.27. The van der Waals surface area contributed by atoms with Gasteiger partial charge < -0.3 is 10.3 Å². The van der Waals surface area contributed by atoms with Gasteiger partial charge in [-0.25, -0.2) is 0 Å². The van der Waals surface area contributed by atoms with Crippen LogP contribution in [0.15, 0.2) is 30.3 Å². The van der Waals surface area contributed by atoms with Crippen molar-refractivity contribution in [2.45, 2.75) is 38.4 Å². The lowest BCUT2D eigenvalue weighted by molar-refractivity contribution is 0.134. The second kappa shape index (κ2) is 5.82. The summed E-state index contributed by atoms with van der Waals surface area (Å²) < 4.78 is 2.30. The van der Waals surface area contributed by atoms with Crippen molar-refractivity contribution in [2.75, 3.05) is 13.1 Å². The Balaban J connectivity index is 1.41. The Labute approximate surface area is 131 Å². The first-order valence-corrected chi connectivity index (χ1v) is 8.21. The van der Waals surface area contributed by atoms with Crippen LogP contribution in [0.3, 0.4) is 0 Å². The Morgan fingerprint density at radius 1 is 1.09 bits per heavy atom. The summed E-state index contributed by atoms with van der Waals surface area (Å²) in [5, 5.41) is 8.83. The number of benzene rings is 1. The average Bonchev–Trinajstić information content (AvgIpc) is 2.89. The van der Waals surface area contributed by atoms with E-state index in [0.29, 0.717) is 6.04 Å². The molecule has 4 rings (SSSR count). The van der Waals surface area contributed by atoms with Crippen molar-refractivity contribution < 1.29 is 0 Å². The van der Waals surface area contributed by atoms with Gasteiger partial charge in [0.2, 0.25) is 0 Å². The standard InChI is InChI=1S/C17H23N5/c18-15-8-14(9-15)11-21-6-7-22-16(19-20-17(22)12-21)10-13-4-2-1-3-5-13/h1-5,14-15H,6-12,18H2. The fourth-order valence-corrected chi connectivity index (χ4v) is 3.63. The zero-order valence-electron chi connectivity index (χ0n) is 12.9. The van der Waals surface area contributed by atoms with Crippen molar-refractivity contribution in [1.29, 1.82) is 0 Å². The molecule has 1 fully saturated rings. The van der Waals surface area contributed by atoms with Crippen molar-refractivity contribution >= 4 is 0 Å². The van der Waals surface area contributed by atoms with Gasteiger partial charge in [-0.1, -0.05) is 30.3 Å². The molecule has 2 aliphatic rings. The van der Waals surface area contributed by atoms with E-state index in [2.05, 4.69) is 43.9 Å². The van der Waals surface area contributed by atoms with Crippen LogP contribution in [-0.4, -0.2) is 38.8 Å². The van der Waals surface area contributed by atoms with Gasteiger partial charge in [-0.3, -0.25) is 4.90 Å². The molecular formula is C17H23N5. The minimum absolute atomic E-state index is 0.441. The molecule has 0 unspecified atom stereocenters. The lowest BCUT2D eigenvalue weighted by Gasteiger charge is -2.38. The second-order valence-corrected chi connectivity index (χ2v) is 6.68. The number of nitrogens with two attached hydrogens (primary N) is 1. The predicted molar refractivity (Wildman–Crippen MR) is 85.2 cm³/mol. The minimum atomic E-state index is 0.441. The third-order valence-corrected chi connectivity index (χ3v) is 4.90. The van der Waals surface area contributed by atoms with Crippen LogP contribution in [-0.2, 0) is 19.5 Å². The molecule has 0 bridgehead atoms. The molecule has 2 N–H and O–H groups in total. The van der Waals surface area contributed by atoms with Gasteiger partial charge >= 0.3 is 0 Å². The third-order valence-electron chi connectivity index (χ3n) is 4.90. The van der Waals surface area contributed by atoms with E-state index in [9.17, 15) is 0 Å². The van der Waals surface area contributed by atoms with E-state index in [1.54, 1.807) is 0 Å². The fraction of sp³-hybridized carbons (Fsp3) is 0.529. The molecule has 22 heavy (non-hydrogen) atoms. The van der Waals surface area contributed by atoms with Gasteiger partial charge in [-0.05, 0) is 24.3 Å². The summed E-state index contributed by atoms with van der Waals surface area (Å²) in [4.78, 5) is 2.51. The van der Waals surface area contributed by atoms with Gasteiger partial charge in [0.15, 0.2) is 0 Å². The van der Waals surface area contributed by atoms with Crippen molar-refractivity contribution in [1.82, 2.24) is 19.7 Å². The minimum Gasteiger partial charge on any atom is -0.328 e. The smallest absolute Gasteiger partial charge is 0.147 e. The van der Waals surface area contributed by atoms with Crippen LogP contribution in [0, 0.1) is 5.92 Å². The van der Waals surface area contributed by atoms with Crippen molar-refractivity contribution in [2.24, 2.45) is 11.7 Å². The first-order chi connectivity index (χ1) is 10.8. The largest absolute Gasteiger partial charge is 0.328 e. The molecule has 1 aliphatic heterocycles. The molecule has 5 nitrogen and oxygen atoms in total. The summed E-state index contributed by atoms with van der Waals surface area (Å²) in [7, 11) is 0. The zero-order valence-corrected chi connectivity index (χ0v) is 12.9. The Morgan fingerprint density at radius 2 is 1.91 bits per heavy atom. The SMILES string of the molecule is NC1CC(CN2CCn3c(Cc4ccccc4)nnc3C2)C1. The van der Waals surface area contributed by atoms with E-state index < -0.39 is 0 Å². The highest BCUT2D eigenvalue weighted by molar-refractivity contribution is 5.19. The van der Waals surface area contributed by atoms with E-state index in [4.69, 9.17) is 5.73 Å². The number of nitrogens with zero attached hydrogens (tertiary/aromatic N) is 4. The maximum atomic E-state index is 5.88. The Bertz CT molecular complexity index is 630. The number of fused-ring (bicyclic) bond motifs is 1. The molecule has 0 saturated heterocycles. The van der Waals surface area contributed by atoms with Crippen LogP contribution in [0.2, 0.25) is 0 Å². The van der Waals surface area contributed by atoms with Crippen LogP contribution in [0.4, 0.5) is 0 Å². The first kappa shape index (κ1) is 13.9. The highest BCUT2D eigenvalue weighted by Gasteiger charge is 2.29. The van der Waals surface area contributed by atoms with Crippen molar-refractivity contribution in [3.05, 3.63) is 47.5 Å². The normalized spacial score (nSPS) is 24.8. The topological polar surface area (TPSA) is 60.0 Å². The monoisotopic (exact) mass is 297 g/mol. The van der Waals surface area contributed by atoms with E-state index in [0.717, 1.165) is 50.2 Å². The van der Waals surface area contributed by atoms with Crippen molar-refractivity contribution in [3.63, 3.8) is 0 Å². The molecule has 1 aliphatic carbocycles. The quantitative estimate of drug-likeness (QED) is 0.927. The number of hydrogen-bond donors (Lipinski definition) is 1. The van der Waals surface area contributed by atoms with Crippen LogP contribution < -0.4 is 5.73 Å². The lowest BCUT2D eigenvalue weighted by Crippen LogP contribution is -2.45.